The van der Waals surface area contributed by atoms with Crippen LogP contribution in [0.1, 0.15) is 30.4 Å². The van der Waals surface area contributed by atoms with Crippen LogP contribution in [0.4, 0.5) is 0 Å². The Morgan fingerprint density at radius 1 is 1.04 bits per heavy atom. The van der Waals surface area contributed by atoms with E-state index in [-0.39, 0.29) is 5.92 Å². The summed E-state index contributed by atoms with van der Waals surface area (Å²) in [5.74, 6) is 0.409. The molecule has 1 heterocycles. The van der Waals surface area contributed by atoms with Gasteiger partial charge in [-0.05, 0) is 36.6 Å². The molecule has 0 unspecified atom stereocenters. The van der Waals surface area contributed by atoms with Gasteiger partial charge in [0.15, 0.2) is 0 Å². The Labute approximate surface area is 141 Å². The summed E-state index contributed by atoms with van der Waals surface area (Å²) in [7, 11) is 1.61. The quantitative estimate of drug-likeness (QED) is 0.861. The Hall–Kier alpha value is -2.82. The normalized spacial score (nSPS) is 24.8. The Morgan fingerprint density at radius 2 is 1.67 bits per heavy atom. The maximum atomic E-state index is 9.71. The molecular formula is C20H18N2O2. The molecule has 24 heavy (non-hydrogen) atoms. The third kappa shape index (κ3) is 2.52. The van der Waals surface area contributed by atoms with Crippen LogP contribution in [0.2, 0.25) is 0 Å². The van der Waals surface area contributed by atoms with Crippen molar-refractivity contribution in [2.24, 2.45) is 0 Å². The van der Waals surface area contributed by atoms with E-state index in [0.29, 0.717) is 6.42 Å². The Morgan fingerprint density at radius 3 is 2.21 bits per heavy atom. The fourth-order valence-corrected chi connectivity index (χ4v) is 3.38. The maximum absolute atomic E-state index is 9.71. The van der Waals surface area contributed by atoms with E-state index >= 15 is 0 Å². The molecule has 2 aromatic carbocycles. The molecule has 120 valence electrons. The van der Waals surface area contributed by atoms with Gasteiger partial charge >= 0.3 is 0 Å². The molecule has 4 heteroatoms. The predicted octanol–water partition coefficient (Wildman–Crippen LogP) is 3.90. The van der Waals surface area contributed by atoms with E-state index < -0.39 is 11.2 Å². The predicted molar refractivity (Wildman–Crippen MR) is 89.2 cm³/mol. The summed E-state index contributed by atoms with van der Waals surface area (Å²) in [6.45, 7) is 1.94. The van der Waals surface area contributed by atoms with Crippen LogP contribution in [-0.2, 0) is 10.3 Å². The molecule has 1 saturated heterocycles. The van der Waals surface area contributed by atoms with Crippen molar-refractivity contribution in [3.05, 3.63) is 65.7 Å². The zero-order chi connectivity index (χ0) is 17.2. The fraction of sp³-hybridized carbons (Fsp3) is 0.300. The van der Waals surface area contributed by atoms with Crippen molar-refractivity contribution in [1.29, 1.82) is 10.5 Å². The zero-order valence-corrected chi connectivity index (χ0v) is 13.7. The Balaban J connectivity index is 2.04. The molecule has 0 saturated carbocycles. The molecular weight excluding hydrogens is 300 g/mol. The molecule has 2 atom stereocenters. The number of rotatable bonds is 3. The Bertz CT molecular complexity index is 788. The van der Waals surface area contributed by atoms with E-state index in [2.05, 4.69) is 12.1 Å². The van der Waals surface area contributed by atoms with Crippen molar-refractivity contribution in [1.82, 2.24) is 0 Å². The lowest BCUT2D eigenvalue weighted by atomic mass is 9.79. The van der Waals surface area contributed by atoms with Crippen LogP contribution in [0.15, 0.2) is 54.6 Å². The van der Waals surface area contributed by atoms with E-state index in [4.69, 9.17) is 9.47 Å². The van der Waals surface area contributed by atoms with Gasteiger partial charge in [0.25, 0.3) is 0 Å². The van der Waals surface area contributed by atoms with Crippen LogP contribution < -0.4 is 4.74 Å². The molecule has 0 spiro atoms. The highest BCUT2D eigenvalue weighted by Crippen LogP contribution is 2.52. The van der Waals surface area contributed by atoms with Gasteiger partial charge < -0.3 is 9.47 Å². The lowest BCUT2D eigenvalue weighted by molar-refractivity contribution is -0.0443. The van der Waals surface area contributed by atoms with Gasteiger partial charge in [0.2, 0.25) is 5.60 Å². The number of hydrogen-bond donors (Lipinski definition) is 0. The smallest absolute Gasteiger partial charge is 0.248 e. The maximum Gasteiger partial charge on any atom is 0.248 e. The molecule has 0 aliphatic carbocycles. The first-order valence-electron chi connectivity index (χ1n) is 7.79. The van der Waals surface area contributed by atoms with E-state index in [1.807, 2.05) is 61.5 Å². The summed E-state index contributed by atoms with van der Waals surface area (Å²) in [4.78, 5) is 0. The van der Waals surface area contributed by atoms with Crippen molar-refractivity contribution in [3.63, 3.8) is 0 Å². The van der Waals surface area contributed by atoms with Crippen LogP contribution in [-0.4, -0.2) is 12.7 Å². The van der Waals surface area contributed by atoms with Crippen molar-refractivity contribution in [3.8, 4) is 17.9 Å². The second kappa shape index (κ2) is 6.00. The van der Waals surface area contributed by atoms with Crippen molar-refractivity contribution < 1.29 is 9.47 Å². The van der Waals surface area contributed by atoms with Gasteiger partial charge in [-0.25, -0.2) is 0 Å². The summed E-state index contributed by atoms with van der Waals surface area (Å²) in [5.41, 5.74) is -0.314. The van der Waals surface area contributed by atoms with Gasteiger partial charge in [0, 0.05) is 5.92 Å². The number of nitriles is 2. The largest absolute Gasteiger partial charge is 0.497 e. The summed E-state index contributed by atoms with van der Waals surface area (Å²) >= 11 is 0. The minimum atomic E-state index is -1.50. The SMILES string of the molecule is COc1ccc([C@@H]2C[C@@](C)(c3ccccc3)OC2(C#N)C#N)cc1. The number of ether oxygens (including phenoxy) is 2. The van der Waals surface area contributed by atoms with Gasteiger partial charge in [-0.1, -0.05) is 42.5 Å². The third-order valence-corrected chi connectivity index (χ3v) is 4.71. The van der Waals surface area contributed by atoms with Crippen LogP contribution in [0, 0.1) is 22.7 Å². The number of methoxy groups -OCH3 is 1. The van der Waals surface area contributed by atoms with Crippen LogP contribution >= 0.6 is 0 Å². The minimum absolute atomic E-state index is 0.330. The zero-order valence-electron chi connectivity index (χ0n) is 13.7. The summed E-state index contributed by atoms with van der Waals surface area (Å²) in [5, 5.41) is 19.4. The number of nitrogens with zero attached hydrogens (tertiary/aromatic N) is 2. The van der Waals surface area contributed by atoms with E-state index in [1.54, 1.807) is 7.11 Å². The minimum Gasteiger partial charge on any atom is -0.497 e. The lowest BCUT2D eigenvalue weighted by Crippen LogP contribution is -2.32. The van der Waals surface area contributed by atoms with Crippen LogP contribution in [0.25, 0.3) is 0 Å². The van der Waals surface area contributed by atoms with Gasteiger partial charge in [-0.15, -0.1) is 0 Å². The molecule has 1 aliphatic heterocycles. The van der Waals surface area contributed by atoms with Crippen LogP contribution in [0.3, 0.4) is 0 Å². The highest BCUT2D eigenvalue weighted by atomic mass is 16.5. The Kier molecular flexibility index (Phi) is 4.01. The molecule has 0 N–H and O–H groups in total. The van der Waals surface area contributed by atoms with Crippen molar-refractivity contribution in [2.75, 3.05) is 7.11 Å². The molecule has 3 rings (SSSR count). The molecule has 1 fully saturated rings. The average Bonchev–Trinajstić information content (AvgIpc) is 2.97. The average molecular weight is 318 g/mol. The monoisotopic (exact) mass is 318 g/mol. The van der Waals surface area contributed by atoms with Gasteiger partial charge in [-0.3, -0.25) is 0 Å². The molecule has 2 aromatic rings. The summed E-state index contributed by atoms with van der Waals surface area (Å²) in [6.07, 6.45) is 0.560. The van der Waals surface area contributed by atoms with Crippen molar-refractivity contribution in [2.45, 2.75) is 30.5 Å². The van der Waals surface area contributed by atoms with Gasteiger partial charge in [0.1, 0.15) is 17.9 Å². The van der Waals surface area contributed by atoms with E-state index in [9.17, 15) is 10.5 Å². The number of benzene rings is 2. The summed E-state index contributed by atoms with van der Waals surface area (Å²) < 4.78 is 11.3. The molecule has 1 aliphatic rings. The van der Waals surface area contributed by atoms with Gasteiger partial charge in [-0.2, -0.15) is 10.5 Å². The third-order valence-electron chi connectivity index (χ3n) is 4.71. The molecule has 0 radical (unpaired) electrons. The highest BCUT2D eigenvalue weighted by Gasteiger charge is 2.56. The second-order valence-corrected chi connectivity index (χ2v) is 6.19. The lowest BCUT2D eigenvalue weighted by Gasteiger charge is -2.25. The van der Waals surface area contributed by atoms with E-state index in [0.717, 1.165) is 16.9 Å². The molecule has 0 aromatic heterocycles. The first-order chi connectivity index (χ1) is 11.6. The second-order valence-electron chi connectivity index (χ2n) is 6.19. The standard InChI is InChI=1S/C20H18N2O2/c1-19(16-6-4-3-5-7-16)12-18(20(13-21,14-22)24-19)15-8-10-17(23-2)11-9-15/h3-11,18H,12H2,1-2H3/t18-,19-/m0/s1. The first kappa shape index (κ1) is 16.1. The van der Waals surface area contributed by atoms with Gasteiger partial charge in [0.05, 0.1) is 12.7 Å². The number of hydrogen-bond acceptors (Lipinski definition) is 4. The topological polar surface area (TPSA) is 66.0 Å². The highest BCUT2D eigenvalue weighted by molar-refractivity contribution is 5.41. The molecule has 0 bridgehead atoms. The van der Waals surface area contributed by atoms with E-state index in [1.165, 1.54) is 0 Å². The van der Waals surface area contributed by atoms with Crippen molar-refractivity contribution >= 4 is 0 Å². The molecule has 4 nitrogen and oxygen atoms in total. The molecule has 0 amide bonds. The first-order valence-corrected chi connectivity index (χ1v) is 7.79. The van der Waals surface area contributed by atoms with Crippen LogP contribution in [0.5, 0.6) is 5.75 Å². The fourth-order valence-electron chi connectivity index (χ4n) is 3.38. The summed E-state index contributed by atoms with van der Waals surface area (Å²) in [6, 6.07) is 21.4.